The predicted molar refractivity (Wildman–Crippen MR) is 226 cm³/mol. The number of aromatic nitrogens is 6. The Kier molecular flexibility index (Phi) is 15.5. The number of nitrogens with two attached hydrogens (primary N) is 1. The quantitative estimate of drug-likeness (QED) is 0.105. The average Bonchev–Trinajstić information content (AvgIpc) is 3.74. The molecule has 0 aliphatic carbocycles. The van der Waals surface area contributed by atoms with Gasteiger partial charge in [-0.1, -0.05) is 34.6 Å². The number of rotatable bonds is 8. The molecule has 6 aromatic rings. The van der Waals surface area contributed by atoms with E-state index in [-0.39, 0.29) is 5.28 Å². The molecule has 0 aliphatic heterocycles. The van der Waals surface area contributed by atoms with Crippen LogP contribution in [0, 0.1) is 27.7 Å². The SMILES string of the molecule is Cc1cc(-c2ccnc(Cl)n2)ccc1CNC(=O)OC(C)(C)C.Cc1cc(-c2ccnc(Nc3conc3C)n2)ccc1CNC(=O)OC(C)(C)C.Cc1nocc1N. The first kappa shape index (κ1) is 45.2. The molecule has 0 saturated heterocycles. The number of halogens is 1. The van der Waals surface area contributed by atoms with E-state index in [0.717, 1.165) is 61.8 Å². The van der Waals surface area contributed by atoms with Gasteiger partial charge in [0, 0.05) is 36.6 Å². The van der Waals surface area contributed by atoms with E-state index in [0.29, 0.717) is 24.7 Å². The van der Waals surface area contributed by atoms with Crippen molar-refractivity contribution in [2.75, 3.05) is 11.1 Å². The van der Waals surface area contributed by atoms with Crippen LogP contribution in [0.5, 0.6) is 0 Å². The molecule has 59 heavy (non-hydrogen) atoms. The molecule has 2 aromatic carbocycles. The topological polar surface area (TPSA) is 218 Å². The highest BCUT2D eigenvalue weighted by Crippen LogP contribution is 2.24. The van der Waals surface area contributed by atoms with Gasteiger partial charge >= 0.3 is 12.2 Å². The maximum atomic E-state index is 11.9. The fourth-order valence-electron chi connectivity index (χ4n) is 4.98. The number of aryl methyl sites for hydroxylation is 4. The summed E-state index contributed by atoms with van der Waals surface area (Å²) in [5.74, 6) is 0.460. The molecule has 0 saturated carbocycles. The molecule has 6 rings (SSSR count). The van der Waals surface area contributed by atoms with Crippen molar-refractivity contribution in [3.05, 3.63) is 112 Å². The van der Waals surface area contributed by atoms with Crippen molar-refractivity contribution >= 4 is 41.1 Å². The van der Waals surface area contributed by atoms with Crippen LogP contribution in [-0.2, 0) is 22.6 Å². The van der Waals surface area contributed by atoms with Gasteiger partial charge in [0.25, 0.3) is 0 Å². The molecule has 312 valence electrons. The Morgan fingerprint density at radius 1 is 0.695 bits per heavy atom. The van der Waals surface area contributed by atoms with Crippen molar-refractivity contribution in [3.8, 4) is 22.5 Å². The number of alkyl carbamates (subject to hydrolysis) is 2. The fourth-order valence-corrected chi connectivity index (χ4v) is 5.13. The molecular weight excluding hydrogens is 776 g/mol. The Bertz CT molecular complexity index is 2310. The first-order valence-electron chi connectivity index (χ1n) is 18.6. The van der Waals surface area contributed by atoms with Crippen LogP contribution in [0.2, 0.25) is 5.28 Å². The third-order valence-corrected chi connectivity index (χ3v) is 8.17. The molecule has 17 heteroatoms. The van der Waals surface area contributed by atoms with Crippen LogP contribution in [-0.4, -0.2) is 53.6 Å². The summed E-state index contributed by atoms with van der Waals surface area (Å²) < 4.78 is 19.9. The number of nitrogens with one attached hydrogen (secondary N) is 3. The summed E-state index contributed by atoms with van der Waals surface area (Å²) >= 11 is 5.82. The minimum Gasteiger partial charge on any atom is -0.444 e. The van der Waals surface area contributed by atoms with E-state index in [1.807, 2.05) is 105 Å². The van der Waals surface area contributed by atoms with Gasteiger partial charge in [0.1, 0.15) is 40.8 Å². The maximum Gasteiger partial charge on any atom is 0.407 e. The number of hydrogen-bond donors (Lipinski definition) is 4. The zero-order valence-corrected chi connectivity index (χ0v) is 35.7. The number of anilines is 3. The number of ether oxygens (including phenoxy) is 2. The number of amides is 2. The number of carbonyl (C=O) groups excluding carboxylic acids is 2. The highest BCUT2D eigenvalue weighted by molar-refractivity contribution is 6.28. The second-order valence-corrected chi connectivity index (χ2v) is 15.6. The summed E-state index contributed by atoms with van der Waals surface area (Å²) in [6.07, 6.45) is 5.39. The van der Waals surface area contributed by atoms with Crippen LogP contribution in [0.3, 0.4) is 0 Å². The number of nitrogen functional groups attached to an aromatic ring is 1. The van der Waals surface area contributed by atoms with Crippen molar-refractivity contribution in [3.63, 3.8) is 0 Å². The van der Waals surface area contributed by atoms with Gasteiger partial charge in [-0.25, -0.2) is 29.5 Å². The third-order valence-electron chi connectivity index (χ3n) is 7.99. The van der Waals surface area contributed by atoms with Gasteiger partial charge in [-0.15, -0.1) is 0 Å². The highest BCUT2D eigenvalue weighted by Gasteiger charge is 2.17. The zero-order valence-electron chi connectivity index (χ0n) is 34.9. The van der Waals surface area contributed by atoms with Crippen LogP contribution < -0.4 is 21.7 Å². The van der Waals surface area contributed by atoms with Gasteiger partial charge in [0.15, 0.2) is 0 Å². The molecule has 0 radical (unpaired) electrons. The van der Waals surface area contributed by atoms with Crippen molar-refractivity contribution < 1.29 is 28.1 Å². The summed E-state index contributed by atoms with van der Waals surface area (Å²) in [7, 11) is 0. The number of hydrogen-bond acceptors (Lipinski definition) is 14. The van der Waals surface area contributed by atoms with E-state index in [4.69, 9.17) is 31.3 Å². The lowest BCUT2D eigenvalue weighted by Crippen LogP contribution is -2.32. The lowest BCUT2D eigenvalue weighted by Gasteiger charge is -2.20. The first-order valence-corrected chi connectivity index (χ1v) is 18.9. The minimum absolute atomic E-state index is 0.218. The predicted octanol–water partition coefficient (Wildman–Crippen LogP) is 9.21. The molecular formula is C42H51ClN10O6. The van der Waals surface area contributed by atoms with Crippen LogP contribution >= 0.6 is 11.6 Å². The van der Waals surface area contributed by atoms with Gasteiger partial charge in [-0.05, 0) is 127 Å². The average molecular weight is 827 g/mol. The van der Waals surface area contributed by atoms with E-state index in [1.54, 1.807) is 25.4 Å². The number of benzene rings is 2. The molecule has 0 unspecified atom stereocenters. The monoisotopic (exact) mass is 826 g/mol. The molecule has 2 amide bonds. The summed E-state index contributed by atoms with van der Waals surface area (Å²) in [4.78, 5) is 40.4. The summed E-state index contributed by atoms with van der Waals surface area (Å²) in [5, 5.41) is 16.2. The van der Waals surface area contributed by atoms with E-state index in [1.165, 1.54) is 12.5 Å². The lowest BCUT2D eigenvalue weighted by molar-refractivity contribution is 0.0512. The first-order chi connectivity index (χ1) is 27.8. The largest absolute Gasteiger partial charge is 0.444 e. The Morgan fingerprint density at radius 2 is 1.19 bits per heavy atom. The molecule has 4 aromatic heterocycles. The van der Waals surface area contributed by atoms with E-state index < -0.39 is 23.4 Å². The summed E-state index contributed by atoms with van der Waals surface area (Å²) in [5.41, 5.74) is 14.6. The molecule has 4 heterocycles. The van der Waals surface area contributed by atoms with Crippen molar-refractivity contribution in [1.82, 2.24) is 40.9 Å². The molecule has 0 bridgehead atoms. The van der Waals surface area contributed by atoms with Gasteiger partial charge in [0.05, 0.1) is 17.1 Å². The molecule has 0 atom stereocenters. The summed E-state index contributed by atoms with van der Waals surface area (Å²) in [6.45, 7) is 19.4. The van der Waals surface area contributed by atoms with Crippen LogP contribution in [0.4, 0.5) is 26.9 Å². The molecule has 16 nitrogen and oxygen atoms in total. The van der Waals surface area contributed by atoms with Gasteiger partial charge in [-0.2, -0.15) is 0 Å². The maximum absolute atomic E-state index is 11.9. The Balaban J connectivity index is 0.000000227. The Morgan fingerprint density at radius 3 is 1.59 bits per heavy atom. The van der Waals surface area contributed by atoms with Crippen LogP contribution in [0.15, 0.2) is 82.5 Å². The standard InChI is InChI=1S/C21H25N5O3.C17H20ClN3O2.C4H6N2O/c1-13-10-15(6-7-16(13)11-23-20(27)29-21(3,4)5)17-8-9-22-19(24-17)25-18-12-28-26-14(18)2;1-11-9-12(14-7-8-19-15(18)21-14)5-6-13(11)10-20-16(22)23-17(2,3)4;1-3-4(5)2-7-6-3/h6-10,12H,11H2,1-5H3,(H,23,27)(H,22,24,25);5-9H,10H2,1-4H3,(H,20,22);2H,5H2,1H3. The van der Waals surface area contributed by atoms with Crippen LogP contribution in [0.1, 0.15) is 75.2 Å². The van der Waals surface area contributed by atoms with E-state index in [2.05, 4.69) is 50.7 Å². The smallest absolute Gasteiger partial charge is 0.407 e. The van der Waals surface area contributed by atoms with Crippen molar-refractivity contribution in [2.24, 2.45) is 0 Å². The molecule has 0 aliphatic rings. The van der Waals surface area contributed by atoms with Gasteiger partial charge < -0.3 is 40.2 Å². The van der Waals surface area contributed by atoms with E-state index in [9.17, 15) is 9.59 Å². The normalized spacial score (nSPS) is 11.0. The Labute approximate surface area is 348 Å². The highest BCUT2D eigenvalue weighted by atomic mass is 35.5. The molecule has 0 fully saturated rings. The van der Waals surface area contributed by atoms with Crippen molar-refractivity contribution in [1.29, 1.82) is 0 Å². The Hall–Kier alpha value is -6.55. The fraction of sp³-hybridized carbons (Fsp3) is 0.333. The number of nitrogens with zero attached hydrogens (tertiary/aromatic N) is 6. The van der Waals surface area contributed by atoms with Crippen LogP contribution in [0.25, 0.3) is 22.5 Å². The van der Waals surface area contributed by atoms with E-state index >= 15 is 0 Å². The third kappa shape index (κ3) is 15.0. The zero-order chi connectivity index (χ0) is 43.3. The molecule has 5 N–H and O–H groups in total. The number of carbonyl (C=O) groups is 2. The molecule has 0 spiro atoms. The second kappa shape index (κ2) is 20.2. The van der Waals surface area contributed by atoms with Gasteiger partial charge in [-0.3, -0.25) is 0 Å². The van der Waals surface area contributed by atoms with Gasteiger partial charge in [0.2, 0.25) is 11.2 Å². The van der Waals surface area contributed by atoms with Crippen molar-refractivity contribution in [2.45, 2.75) is 93.5 Å². The second-order valence-electron chi connectivity index (χ2n) is 15.3. The minimum atomic E-state index is -0.521. The lowest BCUT2D eigenvalue weighted by atomic mass is 10.0. The summed E-state index contributed by atoms with van der Waals surface area (Å²) in [6, 6.07) is 15.5.